The number of nitrogens with one attached hydrogen (secondary N) is 1. The number of hydrogen-bond donors (Lipinski definition) is 1. The maximum absolute atomic E-state index is 12.2. The minimum absolute atomic E-state index is 0.0109. The Bertz CT molecular complexity index is 793. The first-order valence-electron chi connectivity index (χ1n) is 6.09. The maximum Gasteiger partial charge on any atom is 0.242 e. The average Bonchev–Trinajstić information content (AvgIpc) is 2.93. The summed E-state index contributed by atoms with van der Waals surface area (Å²) in [6.07, 6.45) is 2.24. The van der Waals surface area contributed by atoms with Crippen molar-refractivity contribution < 1.29 is 12.8 Å². The van der Waals surface area contributed by atoms with Gasteiger partial charge in [-0.3, -0.25) is 0 Å². The molecule has 0 aliphatic heterocycles. The smallest absolute Gasteiger partial charge is 0.242 e. The summed E-state index contributed by atoms with van der Waals surface area (Å²) in [5, 5.41) is 8.73. The van der Waals surface area contributed by atoms with E-state index >= 15 is 0 Å². The molecule has 1 N–H and O–H groups in total. The van der Waals surface area contributed by atoms with Crippen LogP contribution < -0.4 is 4.72 Å². The second-order valence-corrected chi connectivity index (χ2v) is 6.30. The predicted molar refractivity (Wildman–Crippen MR) is 76.1 cm³/mol. The van der Waals surface area contributed by atoms with Crippen LogP contribution in [0.5, 0.6) is 0 Å². The molecule has 21 heavy (non-hydrogen) atoms. The highest BCUT2D eigenvalue weighted by Crippen LogP contribution is 2.22. The van der Waals surface area contributed by atoms with Gasteiger partial charge in [0.1, 0.15) is 10.7 Å². The van der Waals surface area contributed by atoms with Gasteiger partial charge in [0, 0.05) is 6.42 Å². The molecular formula is C13H12ClN3O3S. The summed E-state index contributed by atoms with van der Waals surface area (Å²) >= 11 is 5.89. The first-order chi connectivity index (χ1) is 9.96. The average molecular weight is 326 g/mol. The lowest BCUT2D eigenvalue weighted by Crippen LogP contribution is -2.23. The van der Waals surface area contributed by atoms with E-state index in [2.05, 4.69) is 9.71 Å². The molecule has 0 amide bonds. The third-order valence-electron chi connectivity index (χ3n) is 2.71. The number of sulfonamides is 1. The largest absolute Gasteiger partial charge is 0.444 e. The van der Waals surface area contributed by atoms with Gasteiger partial charge in [0.05, 0.1) is 29.4 Å². The molecule has 0 saturated heterocycles. The first-order valence-corrected chi connectivity index (χ1v) is 7.95. The lowest BCUT2D eigenvalue weighted by atomic mass is 10.2. The van der Waals surface area contributed by atoms with Crippen LogP contribution in [0.1, 0.15) is 24.1 Å². The number of benzene rings is 1. The number of nitriles is 1. The van der Waals surface area contributed by atoms with Crippen LogP contribution in [-0.4, -0.2) is 13.4 Å². The highest BCUT2D eigenvalue weighted by atomic mass is 35.5. The van der Waals surface area contributed by atoms with Crippen molar-refractivity contribution in [2.24, 2.45) is 0 Å². The zero-order valence-electron chi connectivity index (χ0n) is 11.1. The lowest BCUT2D eigenvalue weighted by Gasteiger charge is -2.07. The summed E-state index contributed by atoms with van der Waals surface area (Å²) in [7, 11) is -3.80. The molecular weight excluding hydrogens is 314 g/mol. The summed E-state index contributed by atoms with van der Waals surface area (Å²) in [5.41, 5.74) is 0.291. The minimum Gasteiger partial charge on any atom is -0.444 e. The summed E-state index contributed by atoms with van der Waals surface area (Å²) in [6, 6.07) is 5.87. The number of oxazole rings is 1. The molecule has 0 aliphatic carbocycles. The highest BCUT2D eigenvalue weighted by Gasteiger charge is 2.19. The standard InChI is InChI=1S/C13H12ClN3O3S/c1-2-10-7-16-13(20-10)8-17-21(18,19)12-4-3-9(6-15)5-11(12)14/h3-5,7,17H,2,8H2,1H3. The van der Waals surface area contributed by atoms with Crippen LogP contribution >= 0.6 is 11.6 Å². The molecule has 0 bridgehead atoms. The molecule has 0 spiro atoms. The third-order valence-corrected chi connectivity index (χ3v) is 4.60. The SMILES string of the molecule is CCc1cnc(CNS(=O)(=O)c2ccc(C#N)cc2Cl)o1. The van der Waals surface area contributed by atoms with E-state index < -0.39 is 10.0 Å². The summed E-state index contributed by atoms with van der Waals surface area (Å²) < 4.78 is 32.0. The second kappa shape index (κ2) is 6.26. The number of halogens is 1. The number of aromatic nitrogens is 1. The van der Waals surface area contributed by atoms with Crippen molar-refractivity contribution in [1.82, 2.24) is 9.71 Å². The quantitative estimate of drug-likeness (QED) is 0.909. The molecule has 110 valence electrons. The van der Waals surface area contributed by atoms with Crippen molar-refractivity contribution in [1.29, 1.82) is 5.26 Å². The van der Waals surface area contributed by atoms with E-state index in [9.17, 15) is 8.42 Å². The van der Waals surface area contributed by atoms with Gasteiger partial charge >= 0.3 is 0 Å². The van der Waals surface area contributed by atoms with Crippen LogP contribution in [0.2, 0.25) is 5.02 Å². The minimum atomic E-state index is -3.80. The monoisotopic (exact) mass is 325 g/mol. The van der Waals surface area contributed by atoms with Crippen molar-refractivity contribution in [3.63, 3.8) is 0 Å². The van der Waals surface area contributed by atoms with Crippen LogP contribution in [0, 0.1) is 11.3 Å². The van der Waals surface area contributed by atoms with Crippen molar-refractivity contribution in [3.8, 4) is 6.07 Å². The summed E-state index contributed by atoms with van der Waals surface area (Å²) in [4.78, 5) is 3.87. The lowest BCUT2D eigenvalue weighted by molar-refractivity contribution is 0.452. The molecule has 2 rings (SSSR count). The zero-order chi connectivity index (χ0) is 15.5. The Kier molecular flexibility index (Phi) is 4.63. The van der Waals surface area contributed by atoms with Gasteiger partial charge < -0.3 is 4.42 Å². The van der Waals surface area contributed by atoms with Gasteiger partial charge in [-0.2, -0.15) is 5.26 Å². The van der Waals surface area contributed by atoms with E-state index in [0.29, 0.717) is 17.7 Å². The normalized spacial score (nSPS) is 11.3. The topological polar surface area (TPSA) is 96.0 Å². The van der Waals surface area contributed by atoms with Crippen molar-refractivity contribution in [3.05, 3.63) is 46.6 Å². The fourth-order valence-corrected chi connectivity index (χ4v) is 3.13. The first kappa shape index (κ1) is 15.5. The van der Waals surface area contributed by atoms with E-state index in [4.69, 9.17) is 21.3 Å². The number of nitrogens with zero attached hydrogens (tertiary/aromatic N) is 2. The van der Waals surface area contributed by atoms with Crippen LogP contribution in [0.15, 0.2) is 33.7 Å². The van der Waals surface area contributed by atoms with E-state index in [1.165, 1.54) is 18.2 Å². The van der Waals surface area contributed by atoms with Crippen LogP contribution in [0.25, 0.3) is 0 Å². The predicted octanol–water partition coefficient (Wildman–Crippen LogP) is 2.24. The molecule has 1 aromatic heterocycles. The molecule has 0 fully saturated rings. The van der Waals surface area contributed by atoms with Gasteiger partial charge in [-0.05, 0) is 18.2 Å². The Morgan fingerprint density at radius 2 is 2.24 bits per heavy atom. The highest BCUT2D eigenvalue weighted by molar-refractivity contribution is 7.89. The van der Waals surface area contributed by atoms with Gasteiger partial charge in [-0.15, -0.1) is 0 Å². The van der Waals surface area contributed by atoms with Crippen LogP contribution in [-0.2, 0) is 23.0 Å². The maximum atomic E-state index is 12.2. The second-order valence-electron chi connectivity index (χ2n) is 4.16. The van der Waals surface area contributed by atoms with Gasteiger partial charge in [0.2, 0.25) is 15.9 Å². The molecule has 0 aliphatic rings. The molecule has 6 nitrogen and oxygen atoms in total. The third kappa shape index (κ3) is 3.61. The Morgan fingerprint density at radius 1 is 1.48 bits per heavy atom. The van der Waals surface area contributed by atoms with E-state index in [1.54, 1.807) is 6.20 Å². The van der Waals surface area contributed by atoms with Crippen molar-refractivity contribution in [2.45, 2.75) is 24.8 Å². The fraction of sp³-hybridized carbons (Fsp3) is 0.231. The summed E-state index contributed by atoms with van der Waals surface area (Å²) in [6.45, 7) is 1.84. The molecule has 1 aromatic carbocycles. The Labute approximate surface area is 127 Å². The number of hydrogen-bond acceptors (Lipinski definition) is 5. The van der Waals surface area contributed by atoms with E-state index in [1.807, 2.05) is 13.0 Å². The molecule has 1 heterocycles. The van der Waals surface area contributed by atoms with Crippen molar-refractivity contribution in [2.75, 3.05) is 0 Å². The molecule has 0 saturated carbocycles. The molecule has 0 unspecified atom stereocenters. The Morgan fingerprint density at radius 3 is 2.81 bits per heavy atom. The molecule has 2 aromatic rings. The summed E-state index contributed by atoms with van der Waals surface area (Å²) in [5.74, 6) is 0.959. The van der Waals surface area contributed by atoms with Gasteiger partial charge in [-0.1, -0.05) is 18.5 Å². The molecule has 0 atom stereocenters. The van der Waals surface area contributed by atoms with E-state index in [-0.39, 0.29) is 22.4 Å². The van der Waals surface area contributed by atoms with Gasteiger partial charge in [-0.25, -0.2) is 18.1 Å². The van der Waals surface area contributed by atoms with Crippen LogP contribution in [0.3, 0.4) is 0 Å². The number of rotatable bonds is 5. The molecule has 8 heteroatoms. The zero-order valence-corrected chi connectivity index (χ0v) is 12.7. The fourth-order valence-electron chi connectivity index (χ4n) is 1.62. The van der Waals surface area contributed by atoms with Crippen LogP contribution in [0.4, 0.5) is 0 Å². The number of aryl methyl sites for hydroxylation is 1. The Balaban J connectivity index is 2.17. The van der Waals surface area contributed by atoms with Crippen molar-refractivity contribution >= 4 is 21.6 Å². The van der Waals surface area contributed by atoms with E-state index in [0.717, 1.165) is 0 Å². The Hall–Kier alpha value is -1.88. The van der Waals surface area contributed by atoms with Gasteiger partial charge in [0.15, 0.2) is 0 Å². The van der Waals surface area contributed by atoms with Gasteiger partial charge in [0.25, 0.3) is 0 Å². The molecule has 0 radical (unpaired) electrons.